The number of rotatable bonds is 1. The Hall–Kier alpha value is -0.630. The summed E-state index contributed by atoms with van der Waals surface area (Å²) < 4.78 is 6.03. The van der Waals surface area contributed by atoms with Crippen molar-refractivity contribution in [2.45, 2.75) is 119 Å². The van der Waals surface area contributed by atoms with Crippen molar-refractivity contribution in [2.75, 3.05) is 7.11 Å². The van der Waals surface area contributed by atoms with Crippen LogP contribution in [0.3, 0.4) is 0 Å². The van der Waals surface area contributed by atoms with Gasteiger partial charge < -0.3 is 4.74 Å². The van der Waals surface area contributed by atoms with Crippen LogP contribution in [-0.2, 0) is 9.53 Å². The second kappa shape index (κ2) is 7.44. The van der Waals surface area contributed by atoms with Crippen molar-refractivity contribution in [1.29, 1.82) is 0 Å². The van der Waals surface area contributed by atoms with Crippen LogP contribution in [0, 0.1) is 50.7 Å². The Kier molecular flexibility index (Phi) is 5.43. The molecule has 0 aliphatic heterocycles. The second-order valence-electron chi connectivity index (χ2n) is 14.9. The number of carbonyl (C=O) groups excluding carboxylic acids is 1. The monoisotopic (exact) mass is 454 g/mol. The SMILES string of the molecule is CO[C@H]1CC[C@@]2(C)[C@@H](CC[C@@]3(C)CC4=CC[C@H]5C(C)(C)C(=O)CC[C@]5(C)[C@H]4CC[C@@H]32)C1(C)C. The predicted molar refractivity (Wildman–Crippen MR) is 136 cm³/mol. The van der Waals surface area contributed by atoms with Crippen LogP contribution in [-0.4, -0.2) is 19.0 Å². The third-order valence-corrected chi connectivity index (χ3v) is 12.9. The highest BCUT2D eigenvalue weighted by atomic mass is 16.5. The van der Waals surface area contributed by atoms with Crippen LogP contribution in [0.25, 0.3) is 0 Å². The Morgan fingerprint density at radius 2 is 1.55 bits per heavy atom. The molecule has 4 saturated carbocycles. The number of ether oxygens (including phenoxy) is 1. The zero-order valence-electron chi connectivity index (χ0n) is 22.9. The number of methoxy groups -OCH3 is 1. The Labute approximate surface area is 203 Å². The lowest BCUT2D eigenvalue weighted by Crippen LogP contribution is -2.58. The highest BCUT2D eigenvalue weighted by Gasteiger charge is 2.63. The topological polar surface area (TPSA) is 26.3 Å². The molecule has 0 unspecified atom stereocenters. The summed E-state index contributed by atoms with van der Waals surface area (Å²) in [4.78, 5) is 12.9. The molecule has 0 spiro atoms. The van der Waals surface area contributed by atoms with Crippen LogP contribution < -0.4 is 0 Å². The molecule has 0 aromatic carbocycles. The van der Waals surface area contributed by atoms with Gasteiger partial charge in [-0.2, -0.15) is 0 Å². The van der Waals surface area contributed by atoms with E-state index in [2.05, 4.69) is 54.5 Å². The molecule has 5 rings (SSSR count). The van der Waals surface area contributed by atoms with Crippen LogP contribution in [0.15, 0.2) is 11.6 Å². The maximum Gasteiger partial charge on any atom is 0.138 e. The molecular formula is C31H50O2. The quantitative estimate of drug-likeness (QED) is 0.375. The van der Waals surface area contributed by atoms with Crippen LogP contribution in [0.1, 0.15) is 113 Å². The first-order valence-corrected chi connectivity index (χ1v) is 14.1. The molecule has 0 heterocycles. The number of hydrogen-bond donors (Lipinski definition) is 0. The number of Topliss-reactive ketones (excluding diaryl/α,β-unsaturated/α-hetero) is 1. The van der Waals surface area contributed by atoms with Gasteiger partial charge in [-0.15, -0.1) is 0 Å². The van der Waals surface area contributed by atoms with Gasteiger partial charge in [0, 0.05) is 18.9 Å². The van der Waals surface area contributed by atoms with E-state index in [4.69, 9.17) is 4.74 Å². The van der Waals surface area contributed by atoms with E-state index in [0.717, 1.165) is 31.1 Å². The summed E-state index contributed by atoms with van der Waals surface area (Å²) >= 11 is 0. The first kappa shape index (κ1) is 24.1. The average Bonchev–Trinajstić information content (AvgIpc) is 2.88. The second-order valence-corrected chi connectivity index (χ2v) is 14.9. The minimum atomic E-state index is -0.169. The zero-order chi connectivity index (χ0) is 24.0. The van der Waals surface area contributed by atoms with E-state index >= 15 is 0 Å². The van der Waals surface area contributed by atoms with Gasteiger partial charge in [-0.05, 0) is 103 Å². The van der Waals surface area contributed by atoms with Crippen molar-refractivity contribution in [2.24, 2.45) is 50.7 Å². The van der Waals surface area contributed by atoms with E-state index in [1.54, 1.807) is 5.57 Å². The van der Waals surface area contributed by atoms with Crippen molar-refractivity contribution in [3.63, 3.8) is 0 Å². The van der Waals surface area contributed by atoms with Crippen LogP contribution in [0.2, 0.25) is 0 Å². The minimum Gasteiger partial charge on any atom is -0.381 e. The lowest BCUT2D eigenvalue weighted by atomic mass is 9.42. The first-order chi connectivity index (χ1) is 15.3. The van der Waals surface area contributed by atoms with Crippen molar-refractivity contribution in [3.8, 4) is 0 Å². The predicted octanol–water partition coefficient (Wildman–Crippen LogP) is 8.00. The molecule has 0 aromatic heterocycles. The molecule has 0 amide bonds. The molecular weight excluding hydrogens is 404 g/mol. The molecule has 0 radical (unpaired) electrons. The molecule has 5 aliphatic carbocycles. The van der Waals surface area contributed by atoms with Gasteiger partial charge in [-0.3, -0.25) is 4.79 Å². The van der Waals surface area contributed by atoms with Crippen molar-refractivity contribution in [1.82, 2.24) is 0 Å². The number of ketones is 1. The fraction of sp³-hybridized carbons (Fsp3) is 0.903. The third-order valence-electron chi connectivity index (χ3n) is 12.9. The van der Waals surface area contributed by atoms with Gasteiger partial charge in [0.2, 0.25) is 0 Å². The summed E-state index contributed by atoms with van der Waals surface area (Å²) in [5.41, 5.74) is 2.99. The van der Waals surface area contributed by atoms with E-state index in [9.17, 15) is 4.79 Å². The Balaban J connectivity index is 1.50. The molecule has 4 fully saturated rings. The molecule has 0 N–H and O–H groups in total. The summed E-state index contributed by atoms with van der Waals surface area (Å²) in [6.45, 7) is 17.4. The van der Waals surface area contributed by atoms with Crippen LogP contribution in [0.4, 0.5) is 0 Å². The standard InChI is InChI=1S/C31H50O2/c1-27(2)22-11-9-20-19-29(5)16-13-23-28(3,4)26(33-8)15-18-31(23,7)24(29)12-10-21(20)30(22,6)17-14-25(27)32/h9,21-24,26H,10-19H2,1-8H3/t21-,22-,23-,24-,26-,29-,30+,31-/m0/s1. The number of carbonyl (C=O) groups is 1. The summed E-state index contributed by atoms with van der Waals surface area (Å²) in [6.07, 6.45) is 15.3. The molecule has 5 aliphatic rings. The Morgan fingerprint density at radius 1 is 0.818 bits per heavy atom. The van der Waals surface area contributed by atoms with E-state index in [1.807, 2.05) is 7.11 Å². The van der Waals surface area contributed by atoms with E-state index in [0.29, 0.717) is 40.0 Å². The summed E-state index contributed by atoms with van der Waals surface area (Å²) in [5, 5.41) is 0. The first-order valence-electron chi connectivity index (χ1n) is 14.1. The van der Waals surface area contributed by atoms with Crippen molar-refractivity contribution in [3.05, 3.63) is 11.6 Å². The Bertz CT molecular complexity index is 851. The van der Waals surface area contributed by atoms with Crippen molar-refractivity contribution >= 4 is 5.78 Å². The lowest BCUT2D eigenvalue weighted by molar-refractivity contribution is -0.177. The summed E-state index contributed by atoms with van der Waals surface area (Å²) in [6, 6.07) is 0. The number of hydrogen-bond acceptors (Lipinski definition) is 2. The van der Waals surface area contributed by atoms with Gasteiger partial charge in [-0.25, -0.2) is 0 Å². The summed E-state index contributed by atoms with van der Waals surface area (Å²) in [5.74, 6) is 3.24. The van der Waals surface area contributed by atoms with Gasteiger partial charge in [0.1, 0.15) is 5.78 Å². The minimum absolute atomic E-state index is 0.169. The molecule has 0 aromatic rings. The molecule has 2 heteroatoms. The Morgan fingerprint density at radius 3 is 2.24 bits per heavy atom. The fourth-order valence-corrected chi connectivity index (χ4v) is 11.2. The number of fused-ring (bicyclic) bond motifs is 6. The van der Waals surface area contributed by atoms with Crippen LogP contribution >= 0.6 is 0 Å². The lowest BCUT2D eigenvalue weighted by Gasteiger charge is -2.64. The van der Waals surface area contributed by atoms with E-state index in [1.165, 1.54) is 44.9 Å². The highest BCUT2D eigenvalue weighted by molar-refractivity contribution is 5.85. The summed E-state index contributed by atoms with van der Waals surface area (Å²) in [7, 11) is 1.93. The molecule has 33 heavy (non-hydrogen) atoms. The van der Waals surface area contributed by atoms with Crippen molar-refractivity contribution < 1.29 is 9.53 Å². The third kappa shape index (κ3) is 3.17. The van der Waals surface area contributed by atoms with Gasteiger partial charge in [-0.1, -0.05) is 60.1 Å². The smallest absolute Gasteiger partial charge is 0.138 e. The van der Waals surface area contributed by atoms with Gasteiger partial charge in [0.05, 0.1) is 6.10 Å². The van der Waals surface area contributed by atoms with Gasteiger partial charge in [0.25, 0.3) is 0 Å². The fourth-order valence-electron chi connectivity index (χ4n) is 11.2. The van der Waals surface area contributed by atoms with Gasteiger partial charge >= 0.3 is 0 Å². The number of allylic oxidation sites excluding steroid dienone is 2. The largest absolute Gasteiger partial charge is 0.381 e. The highest BCUT2D eigenvalue weighted by Crippen LogP contribution is 2.70. The zero-order valence-corrected chi connectivity index (χ0v) is 22.9. The molecule has 2 nitrogen and oxygen atoms in total. The van der Waals surface area contributed by atoms with Gasteiger partial charge in [0.15, 0.2) is 0 Å². The molecule has 0 bridgehead atoms. The molecule has 8 atom stereocenters. The normalized spacial score (nSPS) is 50.7. The maximum absolute atomic E-state index is 12.9. The average molecular weight is 455 g/mol. The maximum atomic E-state index is 12.9. The molecule has 0 saturated heterocycles. The van der Waals surface area contributed by atoms with E-state index in [-0.39, 0.29) is 10.8 Å². The van der Waals surface area contributed by atoms with E-state index < -0.39 is 0 Å². The van der Waals surface area contributed by atoms with Crippen LogP contribution in [0.5, 0.6) is 0 Å². The molecule has 186 valence electrons.